The van der Waals surface area contributed by atoms with Crippen LogP contribution in [0.3, 0.4) is 0 Å². The lowest BCUT2D eigenvalue weighted by Crippen LogP contribution is -2.35. The van der Waals surface area contributed by atoms with Crippen molar-refractivity contribution in [1.29, 1.82) is 0 Å². The maximum Gasteiger partial charge on any atom is 0.137 e. The molecular weight excluding hydrogens is 312 g/mol. The number of benzene rings is 1. The van der Waals surface area contributed by atoms with E-state index in [4.69, 9.17) is 10.3 Å². The largest absolute Gasteiger partial charge is 0.466 e. The Labute approximate surface area is 118 Å². The van der Waals surface area contributed by atoms with Crippen molar-refractivity contribution in [3.05, 3.63) is 52.4 Å². The summed E-state index contributed by atoms with van der Waals surface area (Å²) in [6.07, 6.45) is 2.68. The van der Waals surface area contributed by atoms with E-state index < -0.39 is 0 Å². The van der Waals surface area contributed by atoms with Crippen LogP contribution in [0, 0.1) is 0 Å². The molecule has 0 aliphatic carbocycles. The van der Waals surface area contributed by atoms with Gasteiger partial charge in [0.2, 0.25) is 0 Å². The van der Waals surface area contributed by atoms with Gasteiger partial charge in [-0.25, -0.2) is 5.43 Å². The molecular formula is C13H13BrN2OS. The van der Waals surface area contributed by atoms with E-state index in [1.165, 1.54) is 10.5 Å². The van der Waals surface area contributed by atoms with Gasteiger partial charge in [-0.2, -0.15) is 0 Å². The van der Waals surface area contributed by atoms with E-state index in [-0.39, 0.29) is 6.04 Å². The van der Waals surface area contributed by atoms with Gasteiger partial charge in [0.1, 0.15) is 5.76 Å². The average Bonchev–Trinajstić information content (AvgIpc) is 2.97. The highest BCUT2D eigenvalue weighted by Crippen LogP contribution is 2.43. The fourth-order valence-electron chi connectivity index (χ4n) is 2.27. The SMILES string of the molecule is NNC(c1occc1Br)C1Cc2ccccc2S1. The summed E-state index contributed by atoms with van der Waals surface area (Å²) in [5, 5.41) is 0.356. The minimum absolute atomic E-state index is 0.00627. The van der Waals surface area contributed by atoms with Crippen molar-refractivity contribution in [2.75, 3.05) is 0 Å². The third-order valence-corrected chi connectivity index (χ3v) is 5.20. The number of furan rings is 1. The summed E-state index contributed by atoms with van der Waals surface area (Å²) in [5.41, 5.74) is 4.26. The van der Waals surface area contributed by atoms with Gasteiger partial charge in [-0.3, -0.25) is 5.84 Å². The molecule has 3 rings (SSSR count). The topological polar surface area (TPSA) is 51.2 Å². The summed E-state index contributed by atoms with van der Waals surface area (Å²) < 4.78 is 6.49. The van der Waals surface area contributed by atoms with Gasteiger partial charge in [-0.05, 0) is 40.0 Å². The van der Waals surface area contributed by atoms with E-state index in [1.807, 2.05) is 17.8 Å². The Morgan fingerprint density at radius 3 is 2.89 bits per heavy atom. The van der Waals surface area contributed by atoms with Crippen LogP contribution in [0.15, 0.2) is 50.4 Å². The number of fused-ring (bicyclic) bond motifs is 1. The minimum atomic E-state index is 0.00627. The number of hydrogen-bond donors (Lipinski definition) is 2. The summed E-state index contributed by atoms with van der Waals surface area (Å²) in [7, 11) is 0. The summed E-state index contributed by atoms with van der Waals surface area (Å²) in [4.78, 5) is 1.34. The number of nitrogens with one attached hydrogen (secondary N) is 1. The van der Waals surface area contributed by atoms with Gasteiger partial charge in [-0.1, -0.05) is 18.2 Å². The molecule has 2 atom stereocenters. The lowest BCUT2D eigenvalue weighted by atomic mass is 10.0. The Morgan fingerprint density at radius 1 is 1.39 bits per heavy atom. The lowest BCUT2D eigenvalue weighted by molar-refractivity contribution is 0.407. The molecule has 2 unspecified atom stereocenters. The molecule has 18 heavy (non-hydrogen) atoms. The zero-order valence-corrected chi connectivity index (χ0v) is 12.0. The highest BCUT2D eigenvalue weighted by Gasteiger charge is 2.32. The first-order valence-electron chi connectivity index (χ1n) is 5.73. The molecule has 5 heteroatoms. The fourth-order valence-corrected chi connectivity index (χ4v) is 4.11. The van der Waals surface area contributed by atoms with E-state index in [1.54, 1.807) is 6.26 Å². The summed E-state index contributed by atoms with van der Waals surface area (Å²) in [5.74, 6) is 6.57. The van der Waals surface area contributed by atoms with E-state index in [9.17, 15) is 0 Å². The minimum Gasteiger partial charge on any atom is -0.466 e. The maximum absolute atomic E-state index is 5.70. The summed E-state index contributed by atoms with van der Waals surface area (Å²) in [6, 6.07) is 10.4. The standard InChI is InChI=1S/C13H13BrN2OS/c14-9-5-6-17-13(9)12(16-15)11-7-8-3-1-2-4-10(8)18-11/h1-6,11-12,16H,7,15H2. The second kappa shape index (κ2) is 5.09. The first kappa shape index (κ1) is 12.3. The fraction of sp³-hybridized carbons (Fsp3) is 0.231. The van der Waals surface area contributed by atoms with Gasteiger partial charge in [-0.15, -0.1) is 11.8 Å². The quantitative estimate of drug-likeness (QED) is 0.672. The van der Waals surface area contributed by atoms with Gasteiger partial charge in [0.15, 0.2) is 0 Å². The Morgan fingerprint density at radius 2 is 2.22 bits per heavy atom. The number of thioether (sulfide) groups is 1. The van der Waals surface area contributed by atoms with Crippen molar-refractivity contribution < 1.29 is 4.42 Å². The third-order valence-electron chi connectivity index (χ3n) is 3.15. The predicted octanol–water partition coefficient (Wildman–Crippen LogP) is 3.26. The van der Waals surface area contributed by atoms with E-state index in [0.717, 1.165) is 16.7 Å². The van der Waals surface area contributed by atoms with Crippen LogP contribution < -0.4 is 11.3 Å². The number of hydrogen-bond acceptors (Lipinski definition) is 4. The molecule has 2 heterocycles. The Balaban J connectivity index is 1.86. The van der Waals surface area contributed by atoms with Crippen LogP contribution in [0.2, 0.25) is 0 Å². The van der Waals surface area contributed by atoms with Gasteiger partial charge in [0.05, 0.1) is 16.8 Å². The predicted molar refractivity (Wildman–Crippen MR) is 76.3 cm³/mol. The summed E-state index contributed by atoms with van der Waals surface area (Å²) >= 11 is 5.34. The monoisotopic (exact) mass is 324 g/mol. The molecule has 94 valence electrons. The van der Waals surface area contributed by atoms with Gasteiger partial charge < -0.3 is 4.42 Å². The van der Waals surface area contributed by atoms with E-state index in [2.05, 4.69) is 45.6 Å². The molecule has 0 amide bonds. The van der Waals surface area contributed by atoms with Crippen LogP contribution in [0.5, 0.6) is 0 Å². The van der Waals surface area contributed by atoms with Gasteiger partial charge >= 0.3 is 0 Å². The van der Waals surface area contributed by atoms with E-state index >= 15 is 0 Å². The molecule has 2 aromatic rings. The summed E-state index contributed by atoms with van der Waals surface area (Å²) in [6.45, 7) is 0. The molecule has 0 saturated heterocycles. The van der Waals surface area contributed by atoms with Crippen molar-refractivity contribution >= 4 is 27.7 Å². The zero-order valence-electron chi connectivity index (χ0n) is 9.60. The molecule has 1 aromatic heterocycles. The van der Waals surface area contributed by atoms with Crippen molar-refractivity contribution in [3.63, 3.8) is 0 Å². The highest BCUT2D eigenvalue weighted by atomic mass is 79.9. The first-order valence-corrected chi connectivity index (χ1v) is 7.40. The molecule has 0 radical (unpaired) electrons. The normalized spacial score (nSPS) is 19.8. The number of hydrazine groups is 1. The van der Waals surface area contributed by atoms with Crippen LogP contribution in [-0.4, -0.2) is 5.25 Å². The van der Waals surface area contributed by atoms with Crippen LogP contribution in [-0.2, 0) is 6.42 Å². The highest BCUT2D eigenvalue weighted by molar-refractivity contribution is 9.10. The van der Waals surface area contributed by atoms with Crippen molar-refractivity contribution in [3.8, 4) is 0 Å². The van der Waals surface area contributed by atoms with Gasteiger partial charge in [0, 0.05) is 10.1 Å². The van der Waals surface area contributed by atoms with Crippen LogP contribution >= 0.6 is 27.7 Å². The molecule has 0 saturated carbocycles. The average molecular weight is 325 g/mol. The lowest BCUT2D eigenvalue weighted by Gasteiger charge is -2.20. The number of halogens is 1. The Kier molecular flexibility index (Phi) is 3.48. The van der Waals surface area contributed by atoms with Crippen LogP contribution in [0.4, 0.5) is 0 Å². The Bertz CT molecular complexity index is 532. The third kappa shape index (κ3) is 2.12. The van der Waals surface area contributed by atoms with Crippen molar-refractivity contribution in [2.45, 2.75) is 22.6 Å². The molecule has 1 aliphatic heterocycles. The second-order valence-electron chi connectivity index (χ2n) is 4.25. The van der Waals surface area contributed by atoms with Gasteiger partial charge in [0.25, 0.3) is 0 Å². The first-order chi connectivity index (χ1) is 8.79. The molecule has 3 N–H and O–H groups in total. The second-order valence-corrected chi connectivity index (χ2v) is 6.38. The molecule has 0 spiro atoms. The molecule has 0 bridgehead atoms. The number of rotatable bonds is 3. The smallest absolute Gasteiger partial charge is 0.137 e. The molecule has 1 aromatic carbocycles. The van der Waals surface area contributed by atoms with Crippen LogP contribution in [0.1, 0.15) is 17.4 Å². The van der Waals surface area contributed by atoms with Crippen molar-refractivity contribution in [1.82, 2.24) is 5.43 Å². The van der Waals surface area contributed by atoms with Crippen LogP contribution in [0.25, 0.3) is 0 Å². The van der Waals surface area contributed by atoms with Crippen molar-refractivity contribution in [2.24, 2.45) is 5.84 Å². The molecule has 1 aliphatic rings. The molecule has 3 nitrogen and oxygen atoms in total. The zero-order chi connectivity index (χ0) is 12.5. The van der Waals surface area contributed by atoms with E-state index in [0.29, 0.717) is 5.25 Å². The number of nitrogens with two attached hydrogens (primary N) is 1. The Hall–Kier alpha value is -0.750. The molecule has 0 fully saturated rings. The maximum atomic E-state index is 5.70.